The number of carbonyl (C=O) groups is 3. The van der Waals surface area contributed by atoms with Crippen molar-refractivity contribution in [3.05, 3.63) is 111 Å². The molecule has 2 aliphatic carbocycles. The summed E-state index contributed by atoms with van der Waals surface area (Å²) in [6.45, 7) is 10.8. The maximum Gasteiger partial charge on any atom is 0.262 e. The number of amides is 1. The first-order valence-corrected chi connectivity index (χ1v) is 16.8. The molecule has 250 valence electrons. The molecular formula is C40H43ClN2O5. The molecule has 0 bridgehead atoms. The van der Waals surface area contributed by atoms with Crippen LogP contribution in [0.2, 0.25) is 5.02 Å². The highest BCUT2D eigenvalue weighted by molar-refractivity contribution is 6.32. The second-order valence-corrected chi connectivity index (χ2v) is 15.3. The third-order valence-corrected chi connectivity index (χ3v) is 9.72. The Kier molecular flexibility index (Phi) is 9.03. The van der Waals surface area contributed by atoms with Crippen molar-refractivity contribution in [2.75, 3.05) is 19.0 Å². The molecule has 3 aromatic carbocycles. The number of hydrogen-bond acceptors (Lipinski definition) is 6. The average molecular weight is 667 g/mol. The van der Waals surface area contributed by atoms with Crippen molar-refractivity contribution < 1.29 is 23.9 Å². The van der Waals surface area contributed by atoms with E-state index in [4.69, 9.17) is 21.1 Å². The van der Waals surface area contributed by atoms with Gasteiger partial charge in [0.25, 0.3) is 5.91 Å². The van der Waals surface area contributed by atoms with Gasteiger partial charge in [0, 0.05) is 53.5 Å². The number of Topliss-reactive ketones (excluding diaryl/α,β-unsaturated/α-hetero) is 2. The standard InChI is InChI=1S/C40H43ClN2O5/c1-24-11-10-14-27(15-24)42-34(46)23-48-38-28(41)16-26(17-33(38)47-6)35-36-29(18-39(2,3)20-31(36)44)43(22-25-12-8-7-9-13-25)30-19-40(4,5)21-32(45)37(30)35/h7-17,35H,18-23H2,1-6H3,(H,42,46). The molecule has 1 heterocycles. The van der Waals surface area contributed by atoms with E-state index in [1.807, 2.05) is 49.4 Å². The van der Waals surface area contributed by atoms with Crippen molar-refractivity contribution in [1.29, 1.82) is 0 Å². The summed E-state index contributed by atoms with van der Waals surface area (Å²) in [7, 11) is 1.51. The fraction of sp³-hybridized carbons (Fsp3) is 0.375. The van der Waals surface area contributed by atoms with E-state index < -0.39 is 5.92 Å². The number of benzene rings is 3. The number of nitrogens with one attached hydrogen (secondary N) is 1. The number of methoxy groups -OCH3 is 1. The van der Waals surface area contributed by atoms with E-state index in [2.05, 4.69) is 50.0 Å². The van der Waals surface area contributed by atoms with Crippen molar-refractivity contribution in [2.24, 2.45) is 10.8 Å². The van der Waals surface area contributed by atoms with Gasteiger partial charge in [-0.15, -0.1) is 0 Å². The molecule has 48 heavy (non-hydrogen) atoms. The molecule has 0 spiro atoms. The third kappa shape index (κ3) is 6.79. The van der Waals surface area contributed by atoms with Crippen molar-refractivity contribution >= 4 is 34.8 Å². The summed E-state index contributed by atoms with van der Waals surface area (Å²) in [5, 5.41) is 3.07. The fourth-order valence-electron chi connectivity index (χ4n) is 7.44. The van der Waals surface area contributed by atoms with Gasteiger partial charge >= 0.3 is 0 Å². The Morgan fingerprint density at radius 2 is 1.50 bits per heavy atom. The van der Waals surface area contributed by atoms with Gasteiger partial charge in [-0.05, 0) is 71.6 Å². The molecule has 1 N–H and O–H groups in total. The molecule has 0 radical (unpaired) electrons. The minimum absolute atomic E-state index is 0.0386. The number of nitrogens with zero attached hydrogens (tertiary/aromatic N) is 1. The van der Waals surface area contributed by atoms with Crippen LogP contribution in [-0.2, 0) is 20.9 Å². The monoisotopic (exact) mass is 666 g/mol. The zero-order valence-corrected chi connectivity index (χ0v) is 29.3. The first-order chi connectivity index (χ1) is 22.7. The highest BCUT2D eigenvalue weighted by Gasteiger charge is 2.49. The zero-order valence-electron chi connectivity index (χ0n) is 28.5. The lowest BCUT2D eigenvalue weighted by atomic mass is 9.63. The molecule has 0 atom stereocenters. The van der Waals surface area contributed by atoms with E-state index in [1.165, 1.54) is 7.11 Å². The molecule has 6 rings (SSSR count). The van der Waals surface area contributed by atoms with E-state index in [1.54, 1.807) is 12.1 Å². The number of ketones is 2. The largest absolute Gasteiger partial charge is 0.493 e. The van der Waals surface area contributed by atoms with Gasteiger partial charge in [-0.3, -0.25) is 14.4 Å². The zero-order chi connectivity index (χ0) is 34.4. The minimum Gasteiger partial charge on any atom is -0.493 e. The van der Waals surface area contributed by atoms with Crippen LogP contribution in [0.25, 0.3) is 0 Å². The van der Waals surface area contributed by atoms with Crippen molar-refractivity contribution in [2.45, 2.75) is 72.8 Å². The topological polar surface area (TPSA) is 84.9 Å². The number of carbonyl (C=O) groups excluding carboxylic acids is 3. The van der Waals surface area contributed by atoms with Gasteiger partial charge < -0.3 is 19.7 Å². The van der Waals surface area contributed by atoms with Gasteiger partial charge in [-0.1, -0.05) is 81.8 Å². The van der Waals surface area contributed by atoms with E-state index in [9.17, 15) is 14.4 Å². The van der Waals surface area contributed by atoms with Gasteiger partial charge in [0.2, 0.25) is 0 Å². The van der Waals surface area contributed by atoms with Crippen LogP contribution in [0.15, 0.2) is 89.3 Å². The van der Waals surface area contributed by atoms with Gasteiger partial charge in [-0.25, -0.2) is 0 Å². The normalized spacial score (nSPS) is 18.8. The Morgan fingerprint density at radius 1 is 0.875 bits per heavy atom. The lowest BCUT2D eigenvalue weighted by Crippen LogP contribution is -2.44. The Balaban J connectivity index is 1.43. The molecule has 7 nitrogen and oxygen atoms in total. The molecule has 0 unspecified atom stereocenters. The van der Waals surface area contributed by atoms with Crippen LogP contribution in [0.4, 0.5) is 5.69 Å². The summed E-state index contributed by atoms with van der Waals surface area (Å²) in [5.74, 6) is -0.319. The molecule has 0 aromatic heterocycles. The first kappa shape index (κ1) is 33.5. The van der Waals surface area contributed by atoms with Gasteiger partial charge in [0.15, 0.2) is 29.7 Å². The summed E-state index contributed by atoms with van der Waals surface area (Å²) in [6.07, 6.45) is 2.16. The van der Waals surface area contributed by atoms with Crippen LogP contribution in [-0.4, -0.2) is 36.1 Å². The number of halogens is 1. The number of rotatable bonds is 8. The molecule has 0 saturated heterocycles. The van der Waals surface area contributed by atoms with Crippen LogP contribution in [0.3, 0.4) is 0 Å². The predicted octanol–water partition coefficient (Wildman–Crippen LogP) is 8.56. The van der Waals surface area contributed by atoms with Crippen LogP contribution in [0.5, 0.6) is 11.5 Å². The molecule has 1 aliphatic heterocycles. The maximum atomic E-state index is 14.2. The van der Waals surface area contributed by atoms with E-state index >= 15 is 0 Å². The molecule has 0 fully saturated rings. The first-order valence-electron chi connectivity index (χ1n) is 16.5. The van der Waals surface area contributed by atoms with Crippen molar-refractivity contribution in [1.82, 2.24) is 4.90 Å². The minimum atomic E-state index is -0.598. The smallest absolute Gasteiger partial charge is 0.262 e. The Morgan fingerprint density at radius 3 is 2.08 bits per heavy atom. The number of allylic oxidation sites excluding steroid dienone is 4. The summed E-state index contributed by atoms with van der Waals surface area (Å²) in [5.41, 5.74) is 6.26. The number of aryl methyl sites for hydroxylation is 1. The summed E-state index contributed by atoms with van der Waals surface area (Å²) in [6, 6.07) is 21.3. The van der Waals surface area contributed by atoms with E-state index in [0.717, 1.165) is 22.5 Å². The van der Waals surface area contributed by atoms with Crippen LogP contribution in [0.1, 0.15) is 76.0 Å². The highest BCUT2D eigenvalue weighted by atomic mass is 35.5. The maximum absolute atomic E-state index is 14.2. The second kappa shape index (κ2) is 12.9. The number of ether oxygens (including phenoxy) is 2. The van der Waals surface area contributed by atoms with Crippen molar-refractivity contribution in [3.63, 3.8) is 0 Å². The van der Waals surface area contributed by atoms with Crippen LogP contribution >= 0.6 is 11.6 Å². The van der Waals surface area contributed by atoms with Crippen molar-refractivity contribution in [3.8, 4) is 11.5 Å². The lowest BCUT2D eigenvalue weighted by Gasteiger charge is -2.49. The molecule has 1 amide bonds. The second-order valence-electron chi connectivity index (χ2n) is 14.8. The SMILES string of the molecule is COc1cc(C2C3=C(CC(C)(C)CC3=O)N(Cc3ccccc3)C3=C2C(=O)CC(C)(C)C3)cc(Cl)c1OCC(=O)Nc1cccc(C)c1. The Hall–Kier alpha value is -4.36. The molecule has 3 aromatic rings. The molecule has 0 saturated carbocycles. The van der Waals surface area contributed by atoms with Crippen LogP contribution < -0.4 is 14.8 Å². The molecule has 3 aliphatic rings. The Labute approximate surface area is 288 Å². The molecular weight excluding hydrogens is 624 g/mol. The number of hydrogen-bond donors (Lipinski definition) is 1. The average Bonchev–Trinajstić information content (AvgIpc) is 3.00. The van der Waals surface area contributed by atoms with Gasteiger partial charge in [-0.2, -0.15) is 0 Å². The van der Waals surface area contributed by atoms with Crippen LogP contribution in [0, 0.1) is 17.8 Å². The summed E-state index contributed by atoms with van der Waals surface area (Å²) in [4.78, 5) is 43.5. The molecule has 8 heteroatoms. The van der Waals surface area contributed by atoms with Gasteiger partial charge in [0.1, 0.15) is 0 Å². The summed E-state index contributed by atoms with van der Waals surface area (Å²) < 4.78 is 11.7. The van der Waals surface area contributed by atoms with Gasteiger partial charge in [0.05, 0.1) is 12.1 Å². The third-order valence-electron chi connectivity index (χ3n) is 9.44. The Bertz CT molecular complexity index is 1800. The fourth-order valence-corrected chi connectivity index (χ4v) is 7.72. The number of anilines is 1. The summed E-state index contributed by atoms with van der Waals surface area (Å²) >= 11 is 6.90. The lowest BCUT2D eigenvalue weighted by molar-refractivity contribution is -0.120. The van der Waals surface area contributed by atoms with E-state index in [0.29, 0.717) is 60.4 Å². The predicted molar refractivity (Wildman–Crippen MR) is 188 cm³/mol. The highest BCUT2D eigenvalue weighted by Crippen LogP contribution is 2.55. The van der Waals surface area contributed by atoms with E-state index in [-0.39, 0.29) is 45.7 Å². The quantitative estimate of drug-likeness (QED) is 0.259.